The van der Waals surface area contributed by atoms with E-state index >= 15 is 0 Å². The molecule has 102 valence electrons. The second-order valence-electron chi connectivity index (χ2n) is 5.19. The average molecular weight is 270 g/mol. The molecule has 3 N–H and O–H groups in total. The summed E-state index contributed by atoms with van der Waals surface area (Å²) in [6, 6.07) is 0. The third-order valence-electron chi connectivity index (χ3n) is 3.07. The highest BCUT2D eigenvalue weighted by atomic mass is 32.1. The van der Waals surface area contributed by atoms with Crippen molar-refractivity contribution < 1.29 is 4.74 Å². The molecule has 1 fully saturated rings. The number of rotatable bonds is 5. The van der Waals surface area contributed by atoms with Crippen LogP contribution >= 0.6 is 11.5 Å². The summed E-state index contributed by atoms with van der Waals surface area (Å²) in [5, 5.41) is 4.38. The molecule has 1 unspecified atom stereocenters. The summed E-state index contributed by atoms with van der Waals surface area (Å²) < 4.78 is 9.85. The molecule has 6 heteroatoms. The third kappa shape index (κ3) is 3.26. The lowest BCUT2D eigenvalue weighted by molar-refractivity contribution is 0.245. The molecular formula is C12H22N4OS. The Morgan fingerprint density at radius 1 is 1.61 bits per heavy atom. The number of nitrogen functional groups attached to an aromatic ring is 1. The Morgan fingerprint density at radius 3 is 3.00 bits per heavy atom. The summed E-state index contributed by atoms with van der Waals surface area (Å²) in [6.45, 7) is 7.29. The molecule has 0 bridgehead atoms. The first-order chi connectivity index (χ1) is 8.56. The van der Waals surface area contributed by atoms with Crippen LogP contribution in [0, 0.1) is 5.92 Å². The molecule has 0 radical (unpaired) electrons. The first-order valence-electron chi connectivity index (χ1n) is 6.40. The standard InChI is InChI=1S/C12H22N4OS/c1-8(2)17-10-11(13)15-18-12(10)14-6-9-4-5-16(3)7-9/h8-9,14H,4-7H2,1-3H3,(H2,13,15). The van der Waals surface area contributed by atoms with E-state index in [9.17, 15) is 0 Å². The minimum Gasteiger partial charge on any atom is -0.484 e. The normalized spacial score (nSPS) is 20.6. The topological polar surface area (TPSA) is 63.4 Å². The van der Waals surface area contributed by atoms with Gasteiger partial charge in [-0.25, -0.2) is 0 Å². The maximum atomic E-state index is 5.82. The van der Waals surface area contributed by atoms with Crippen molar-refractivity contribution >= 4 is 22.4 Å². The maximum Gasteiger partial charge on any atom is 0.197 e. The van der Waals surface area contributed by atoms with Gasteiger partial charge in [0.15, 0.2) is 16.6 Å². The van der Waals surface area contributed by atoms with Gasteiger partial charge in [-0.05, 0) is 51.3 Å². The van der Waals surface area contributed by atoms with Gasteiger partial charge in [0.1, 0.15) is 0 Å². The van der Waals surface area contributed by atoms with Crippen molar-refractivity contribution in [2.45, 2.75) is 26.4 Å². The fourth-order valence-electron chi connectivity index (χ4n) is 2.19. The van der Waals surface area contributed by atoms with Crippen LogP contribution in [-0.2, 0) is 0 Å². The summed E-state index contributed by atoms with van der Waals surface area (Å²) in [6.07, 6.45) is 1.36. The molecule has 1 aliphatic heterocycles. The summed E-state index contributed by atoms with van der Waals surface area (Å²) in [4.78, 5) is 2.36. The zero-order chi connectivity index (χ0) is 13.1. The fourth-order valence-corrected chi connectivity index (χ4v) is 2.84. The second-order valence-corrected chi connectivity index (χ2v) is 5.96. The largest absolute Gasteiger partial charge is 0.484 e. The predicted octanol–water partition coefficient (Wildman–Crippen LogP) is 1.88. The molecule has 0 aromatic carbocycles. The maximum absolute atomic E-state index is 5.82. The van der Waals surface area contributed by atoms with Gasteiger partial charge in [-0.3, -0.25) is 0 Å². The summed E-state index contributed by atoms with van der Waals surface area (Å²) >= 11 is 1.38. The third-order valence-corrected chi connectivity index (χ3v) is 3.87. The van der Waals surface area contributed by atoms with Crippen molar-refractivity contribution in [3.63, 3.8) is 0 Å². The highest BCUT2D eigenvalue weighted by Crippen LogP contribution is 2.36. The summed E-state index contributed by atoms with van der Waals surface area (Å²) in [7, 11) is 2.16. The van der Waals surface area contributed by atoms with Crippen LogP contribution in [0.1, 0.15) is 20.3 Å². The van der Waals surface area contributed by atoms with Gasteiger partial charge in [0.2, 0.25) is 0 Å². The van der Waals surface area contributed by atoms with Crippen molar-refractivity contribution in [1.29, 1.82) is 0 Å². The molecule has 5 nitrogen and oxygen atoms in total. The number of likely N-dealkylation sites (tertiary alicyclic amines) is 1. The van der Waals surface area contributed by atoms with Crippen LogP contribution in [-0.4, -0.2) is 42.1 Å². The quantitative estimate of drug-likeness (QED) is 0.855. The van der Waals surface area contributed by atoms with Gasteiger partial charge in [-0.2, -0.15) is 4.37 Å². The lowest BCUT2D eigenvalue weighted by Gasteiger charge is -2.14. The number of ether oxygens (including phenoxy) is 1. The second kappa shape index (κ2) is 5.75. The Labute approximate surface area is 112 Å². The van der Waals surface area contributed by atoms with Crippen LogP contribution in [0.5, 0.6) is 5.75 Å². The van der Waals surface area contributed by atoms with Gasteiger partial charge in [0.25, 0.3) is 0 Å². The van der Waals surface area contributed by atoms with Crippen molar-refractivity contribution in [3.05, 3.63) is 0 Å². The minimum absolute atomic E-state index is 0.113. The highest BCUT2D eigenvalue weighted by molar-refractivity contribution is 7.11. The molecule has 2 heterocycles. The summed E-state index contributed by atoms with van der Waals surface area (Å²) in [5.41, 5.74) is 5.82. The molecule has 18 heavy (non-hydrogen) atoms. The fraction of sp³-hybridized carbons (Fsp3) is 0.750. The van der Waals surface area contributed by atoms with E-state index < -0.39 is 0 Å². The average Bonchev–Trinajstić information content (AvgIpc) is 2.85. The molecule has 0 saturated carbocycles. The first-order valence-corrected chi connectivity index (χ1v) is 7.17. The van der Waals surface area contributed by atoms with Crippen molar-refractivity contribution in [1.82, 2.24) is 9.27 Å². The Bertz CT molecular complexity index is 393. The molecule has 1 aromatic rings. The van der Waals surface area contributed by atoms with Crippen LogP contribution in [0.4, 0.5) is 10.8 Å². The van der Waals surface area contributed by atoms with Crippen LogP contribution in [0.3, 0.4) is 0 Å². The number of hydrogen-bond acceptors (Lipinski definition) is 6. The van der Waals surface area contributed by atoms with Crippen LogP contribution in [0.2, 0.25) is 0 Å². The Hall–Kier alpha value is -1.01. The smallest absolute Gasteiger partial charge is 0.197 e. The van der Waals surface area contributed by atoms with Crippen LogP contribution in [0.25, 0.3) is 0 Å². The highest BCUT2D eigenvalue weighted by Gasteiger charge is 2.21. The van der Waals surface area contributed by atoms with E-state index in [1.807, 2.05) is 13.8 Å². The van der Waals surface area contributed by atoms with Gasteiger partial charge in [0, 0.05) is 13.1 Å². The van der Waals surface area contributed by atoms with Crippen molar-refractivity contribution in [2.24, 2.45) is 5.92 Å². The SMILES string of the molecule is CC(C)Oc1c(N)nsc1NCC1CCN(C)C1. The molecular weight excluding hydrogens is 248 g/mol. The number of aromatic nitrogens is 1. The molecule has 1 aromatic heterocycles. The van der Waals surface area contributed by atoms with Gasteiger partial charge >= 0.3 is 0 Å². The van der Waals surface area contributed by atoms with Gasteiger partial charge < -0.3 is 20.7 Å². The molecule has 1 aliphatic rings. The molecule has 0 aliphatic carbocycles. The number of hydrogen-bond donors (Lipinski definition) is 2. The Morgan fingerprint density at radius 2 is 2.39 bits per heavy atom. The number of nitrogens with two attached hydrogens (primary N) is 1. The van der Waals surface area contributed by atoms with E-state index in [4.69, 9.17) is 10.5 Å². The molecule has 2 rings (SSSR count). The van der Waals surface area contributed by atoms with Gasteiger partial charge in [0.05, 0.1) is 6.10 Å². The number of anilines is 2. The number of nitrogens with one attached hydrogen (secondary N) is 1. The van der Waals surface area contributed by atoms with E-state index in [1.165, 1.54) is 24.5 Å². The molecule has 0 spiro atoms. The number of nitrogens with zero attached hydrogens (tertiary/aromatic N) is 2. The monoisotopic (exact) mass is 270 g/mol. The van der Waals surface area contributed by atoms with Crippen LogP contribution < -0.4 is 15.8 Å². The zero-order valence-electron chi connectivity index (χ0n) is 11.3. The van der Waals surface area contributed by atoms with E-state index in [-0.39, 0.29) is 6.10 Å². The Balaban J connectivity index is 1.92. The Kier molecular flexibility index (Phi) is 4.29. The lowest BCUT2D eigenvalue weighted by atomic mass is 10.1. The van der Waals surface area contributed by atoms with Crippen LogP contribution in [0.15, 0.2) is 0 Å². The predicted molar refractivity (Wildman–Crippen MR) is 76.4 cm³/mol. The van der Waals surface area contributed by atoms with Gasteiger partial charge in [-0.1, -0.05) is 0 Å². The van der Waals surface area contributed by atoms with Gasteiger partial charge in [-0.15, -0.1) is 0 Å². The molecule has 1 atom stereocenters. The van der Waals surface area contributed by atoms with E-state index in [0.717, 1.165) is 18.1 Å². The first kappa shape index (κ1) is 13.4. The lowest BCUT2D eigenvalue weighted by Crippen LogP contribution is -2.19. The molecule has 1 saturated heterocycles. The van der Waals surface area contributed by atoms with E-state index in [2.05, 4.69) is 21.6 Å². The van der Waals surface area contributed by atoms with Crippen molar-refractivity contribution in [3.8, 4) is 5.75 Å². The van der Waals surface area contributed by atoms with Crippen molar-refractivity contribution in [2.75, 3.05) is 37.7 Å². The van der Waals surface area contributed by atoms with E-state index in [0.29, 0.717) is 17.5 Å². The van der Waals surface area contributed by atoms with E-state index in [1.54, 1.807) is 0 Å². The molecule has 0 amide bonds. The zero-order valence-corrected chi connectivity index (χ0v) is 12.1. The minimum atomic E-state index is 0.113. The summed E-state index contributed by atoms with van der Waals surface area (Å²) in [5.74, 6) is 1.89.